The van der Waals surface area contributed by atoms with Crippen molar-refractivity contribution in [2.75, 3.05) is 26.9 Å². The molecule has 0 atom stereocenters. The number of benzene rings is 2. The summed E-state index contributed by atoms with van der Waals surface area (Å²) < 4.78 is 10.7. The molecule has 2 aromatic rings. The molecule has 0 saturated heterocycles. The van der Waals surface area contributed by atoms with Crippen LogP contribution in [0.15, 0.2) is 60.3 Å². The molecule has 1 fully saturated rings. The number of allylic oxidation sites excluding steroid dienone is 2. The number of hydrogen-bond donors (Lipinski definition) is 3. The lowest BCUT2D eigenvalue weighted by molar-refractivity contribution is -0.142. The van der Waals surface area contributed by atoms with E-state index in [4.69, 9.17) is 20.0 Å². The van der Waals surface area contributed by atoms with Gasteiger partial charge in [-0.3, -0.25) is 5.41 Å². The van der Waals surface area contributed by atoms with Crippen LogP contribution in [0, 0.1) is 17.2 Å². The monoisotopic (exact) mass is 450 g/mol. The Bertz CT molecular complexity index is 963. The SMILES string of the molecule is COc1cccc(/C(C(=N)c2ccccc2)=C(\C)NC[C@H]2CC[C@H](COCC(=O)O)CC2)c1. The first-order chi connectivity index (χ1) is 16.0. The molecule has 0 aromatic heterocycles. The van der Waals surface area contributed by atoms with Gasteiger partial charge in [0, 0.05) is 23.4 Å². The summed E-state index contributed by atoms with van der Waals surface area (Å²) in [4.78, 5) is 10.6. The maximum Gasteiger partial charge on any atom is 0.329 e. The molecule has 0 unspecified atom stereocenters. The molecule has 1 aliphatic carbocycles. The Balaban J connectivity index is 1.68. The number of hydrogen-bond acceptors (Lipinski definition) is 5. The second-order valence-electron chi connectivity index (χ2n) is 8.65. The normalized spacial score (nSPS) is 18.8. The second-order valence-corrected chi connectivity index (χ2v) is 8.65. The zero-order chi connectivity index (χ0) is 23.6. The van der Waals surface area contributed by atoms with Gasteiger partial charge in [0.1, 0.15) is 12.4 Å². The van der Waals surface area contributed by atoms with Gasteiger partial charge in [0.15, 0.2) is 0 Å². The summed E-state index contributed by atoms with van der Waals surface area (Å²) in [5, 5.41) is 21.2. The van der Waals surface area contributed by atoms with Gasteiger partial charge < -0.3 is 19.9 Å². The highest BCUT2D eigenvalue weighted by Gasteiger charge is 2.22. The fourth-order valence-corrected chi connectivity index (χ4v) is 4.38. The van der Waals surface area contributed by atoms with Gasteiger partial charge in [-0.15, -0.1) is 0 Å². The van der Waals surface area contributed by atoms with E-state index < -0.39 is 5.97 Å². The highest BCUT2D eigenvalue weighted by atomic mass is 16.5. The lowest BCUT2D eigenvalue weighted by atomic mass is 9.82. The van der Waals surface area contributed by atoms with Gasteiger partial charge >= 0.3 is 5.97 Å². The first-order valence-electron chi connectivity index (χ1n) is 11.5. The third-order valence-electron chi connectivity index (χ3n) is 6.25. The van der Waals surface area contributed by atoms with Gasteiger partial charge in [-0.1, -0.05) is 42.5 Å². The van der Waals surface area contributed by atoms with Gasteiger partial charge in [-0.05, 0) is 62.1 Å². The molecule has 0 bridgehead atoms. The van der Waals surface area contributed by atoms with E-state index in [2.05, 4.69) is 5.32 Å². The number of carboxylic acid groups (broad SMARTS) is 1. The largest absolute Gasteiger partial charge is 0.497 e. The van der Waals surface area contributed by atoms with E-state index in [1.807, 2.05) is 61.5 Å². The Morgan fingerprint density at radius 2 is 1.70 bits per heavy atom. The number of carboxylic acids is 1. The van der Waals surface area contributed by atoms with E-state index in [1.165, 1.54) is 0 Å². The molecular weight excluding hydrogens is 416 g/mol. The molecule has 33 heavy (non-hydrogen) atoms. The van der Waals surface area contributed by atoms with Crippen LogP contribution in [0.3, 0.4) is 0 Å². The van der Waals surface area contributed by atoms with E-state index in [0.29, 0.717) is 24.2 Å². The zero-order valence-corrected chi connectivity index (χ0v) is 19.5. The quantitative estimate of drug-likeness (QED) is 0.420. The Morgan fingerprint density at radius 1 is 1.03 bits per heavy atom. The van der Waals surface area contributed by atoms with Crippen LogP contribution in [0.5, 0.6) is 5.75 Å². The van der Waals surface area contributed by atoms with Gasteiger partial charge in [-0.25, -0.2) is 4.79 Å². The third kappa shape index (κ3) is 7.19. The molecule has 0 amide bonds. The summed E-state index contributed by atoms with van der Waals surface area (Å²) in [5.41, 5.74) is 4.15. The fourth-order valence-electron chi connectivity index (χ4n) is 4.38. The molecule has 0 radical (unpaired) electrons. The van der Waals surface area contributed by atoms with Gasteiger partial charge in [-0.2, -0.15) is 0 Å². The van der Waals surface area contributed by atoms with Crippen LogP contribution in [-0.4, -0.2) is 43.7 Å². The maximum absolute atomic E-state index is 10.6. The first kappa shape index (κ1) is 24.5. The van der Waals surface area contributed by atoms with Crippen LogP contribution < -0.4 is 10.1 Å². The lowest BCUT2D eigenvalue weighted by Gasteiger charge is -2.29. The summed E-state index contributed by atoms with van der Waals surface area (Å²) in [7, 11) is 1.65. The van der Waals surface area contributed by atoms with E-state index in [0.717, 1.165) is 60.4 Å². The standard InChI is InChI=1S/C27H34N2O4/c1-19(29-16-20-11-13-21(14-12-20)17-33-18-25(30)31)26(23-9-6-10-24(15-23)32-2)27(28)22-7-4-3-5-8-22/h3-10,15,20-21,28-29H,11-14,16-18H2,1-2H3,(H,30,31)/b26-19-,28-27?/t20-,21-. The van der Waals surface area contributed by atoms with Crippen molar-refractivity contribution in [1.82, 2.24) is 5.32 Å². The molecule has 3 rings (SSSR count). The smallest absolute Gasteiger partial charge is 0.329 e. The van der Waals surface area contributed by atoms with Crippen molar-refractivity contribution in [3.8, 4) is 5.75 Å². The minimum absolute atomic E-state index is 0.216. The first-order valence-corrected chi connectivity index (χ1v) is 11.5. The summed E-state index contributed by atoms with van der Waals surface area (Å²) in [6, 6.07) is 17.6. The number of aliphatic carboxylic acids is 1. The third-order valence-corrected chi connectivity index (χ3v) is 6.25. The highest BCUT2D eigenvalue weighted by Crippen LogP contribution is 2.30. The van der Waals surface area contributed by atoms with Crippen molar-refractivity contribution < 1.29 is 19.4 Å². The van der Waals surface area contributed by atoms with Crippen molar-refractivity contribution in [3.63, 3.8) is 0 Å². The fraction of sp³-hybridized carbons (Fsp3) is 0.407. The highest BCUT2D eigenvalue weighted by molar-refractivity contribution is 6.30. The van der Waals surface area contributed by atoms with Crippen LogP contribution >= 0.6 is 0 Å². The van der Waals surface area contributed by atoms with E-state index in [1.54, 1.807) is 7.11 Å². The van der Waals surface area contributed by atoms with E-state index >= 15 is 0 Å². The molecule has 6 heteroatoms. The minimum atomic E-state index is -0.914. The second kappa shape index (κ2) is 12.2. The Labute approximate surface area is 196 Å². The van der Waals surface area contributed by atoms with Crippen molar-refractivity contribution in [2.45, 2.75) is 32.6 Å². The van der Waals surface area contributed by atoms with Gasteiger partial charge in [0.05, 0.1) is 19.4 Å². The molecule has 0 heterocycles. The van der Waals surface area contributed by atoms with Crippen LogP contribution in [0.4, 0.5) is 0 Å². The molecule has 0 spiro atoms. The summed E-state index contributed by atoms with van der Waals surface area (Å²) in [6.07, 6.45) is 4.28. The molecular formula is C27H34N2O4. The number of nitrogens with one attached hydrogen (secondary N) is 2. The van der Waals surface area contributed by atoms with Crippen LogP contribution in [0.2, 0.25) is 0 Å². The molecule has 2 aromatic carbocycles. The van der Waals surface area contributed by atoms with Crippen molar-refractivity contribution in [3.05, 3.63) is 71.4 Å². The van der Waals surface area contributed by atoms with E-state index in [9.17, 15) is 4.79 Å². The zero-order valence-electron chi connectivity index (χ0n) is 19.5. The predicted molar refractivity (Wildman–Crippen MR) is 131 cm³/mol. The Hall–Kier alpha value is -3.12. The lowest BCUT2D eigenvalue weighted by Crippen LogP contribution is -2.28. The molecule has 6 nitrogen and oxygen atoms in total. The summed E-state index contributed by atoms with van der Waals surface area (Å²) in [6.45, 7) is 3.20. The topological polar surface area (TPSA) is 91.6 Å². The number of methoxy groups -OCH3 is 1. The summed E-state index contributed by atoms with van der Waals surface area (Å²) >= 11 is 0. The molecule has 176 valence electrons. The number of rotatable bonds is 11. The van der Waals surface area contributed by atoms with E-state index in [-0.39, 0.29) is 6.61 Å². The summed E-state index contributed by atoms with van der Waals surface area (Å²) in [5.74, 6) is 0.842. The molecule has 1 saturated carbocycles. The molecule has 1 aliphatic rings. The predicted octanol–water partition coefficient (Wildman–Crippen LogP) is 4.99. The van der Waals surface area contributed by atoms with Crippen molar-refractivity contribution >= 4 is 17.3 Å². The number of ether oxygens (including phenoxy) is 2. The average molecular weight is 451 g/mol. The van der Waals surface area contributed by atoms with Crippen molar-refractivity contribution in [2.24, 2.45) is 11.8 Å². The molecule has 3 N–H and O–H groups in total. The van der Waals surface area contributed by atoms with Crippen molar-refractivity contribution in [1.29, 1.82) is 5.41 Å². The van der Waals surface area contributed by atoms with Crippen LogP contribution in [0.25, 0.3) is 5.57 Å². The molecule has 0 aliphatic heterocycles. The van der Waals surface area contributed by atoms with Crippen LogP contribution in [-0.2, 0) is 9.53 Å². The number of carbonyl (C=O) groups is 1. The van der Waals surface area contributed by atoms with Gasteiger partial charge in [0.2, 0.25) is 0 Å². The van der Waals surface area contributed by atoms with Gasteiger partial charge in [0.25, 0.3) is 0 Å². The Morgan fingerprint density at radius 3 is 2.36 bits per heavy atom. The Kier molecular flexibility index (Phi) is 9.07. The minimum Gasteiger partial charge on any atom is -0.497 e. The van der Waals surface area contributed by atoms with Crippen LogP contribution in [0.1, 0.15) is 43.7 Å². The maximum atomic E-state index is 10.6. The average Bonchev–Trinajstić information content (AvgIpc) is 2.84.